The Morgan fingerprint density at radius 2 is 2.07 bits per heavy atom. The highest BCUT2D eigenvalue weighted by Gasteiger charge is 2.32. The Kier molecular flexibility index (Phi) is 5.56. The van der Waals surface area contributed by atoms with Crippen molar-refractivity contribution in [1.82, 2.24) is 4.90 Å². The second-order valence-electron chi connectivity index (χ2n) is 4.70. The Hall–Kier alpha value is -0.320. The summed E-state index contributed by atoms with van der Waals surface area (Å²) in [6.45, 7) is 5.05. The number of halogens is 1. The van der Waals surface area contributed by atoms with Crippen LogP contribution in [0.2, 0.25) is 0 Å². The average molecular weight is 237 g/mol. The zero-order chi connectivity index (χ0) is 10.8. The van der Waals surface area contributed by atoms with Crippen molar-refractivity contribution < 1.29 is 9.53 Å². The first-order chi connectivity index (χ1) is 6.42. The number of hydrogen-bond donors (Lipinski definition) is 1. The lowest BCUT2D eigenvalue weighted by Gasteiger charge is -2.28. The van der Waals surface area contributed by atoms with Gasteiger partial charge in [0.05, 0.1) is 13.7 Å². The van der Waals surface area contributed by atoms with Crippen molar-refractivity contribution in [3.05, 3.63) is 0 Å². The van der Waals surface area contributed by atoms with E-state index in [9.17, 15) is 4.79 Å². The summed E-state index contributed by atoms with van der Waals surface area (Å²) in [6, 6.07) is 0.539. The standard InChI is InChI=1S/C10H20N2O2.ClH/c1-10(2,11)7-12(8-4-5-8)6-9(13)14-3;/h8H,4-7,11H2,1-3H3;1H. The fraction of sp³-hybridized carbons (Fsp3) is 0.900. The van der Waals surface area contributed by atoms with Crippen molar-refractivity contribution >= 4 is 18.4 Å². The largest absolute Gasteiger partial charge is 0.468 e. The molecule has 1 saturated carbocycles. The fourth-order valence-electron chi connectivity index (χ4n) is 1.51. The number of carbonyl (C=O) groups excluding carboxylic acids is 1. The van der Waals surface area contributed by atoms with Crippen LogP contribution in [0.4, 0.5) is 0 Å². The quantitative estimate of drug-likeness (QED) is 0.717. The van der Waals surface area contributed by atoms with Crippen LogP contribution in [-0.2, 0) is 9.53 Å². The second-order valence-corrected chi connectivity index (χ2v) is 4.70. The van der Waals surface area contributed by atoms with Gasteiger partial charge < -0.3 is 10.5 Å². The minimum Gasteiger partial charge on any atom is -0.468 e. The van der Waals surface area contributed by atoms with Crippen LogP contribution in [0, 0.1) is 0 Å². The van der Waals surface area contributed by atoms with Gasteiger partial charge in [-0.25, -0.2) is 0 Å². The summed E-state index contributed by atoms with van der Waals surface area (Å²) in [5.74, 6) is -0.179. The molecule has 15 heavy (non-hydrogen) atoms. The number of nitrogens with two attached hydrogens (primary N) is 1. The lowest BCUT2D eigenvalue weighted by molar-refractivity contribution is -0.142. The third-order valence-corrected chi connectivity index (χ3v) is 2.23. The summed E-state index contributed by atoms with van der Waals surface area (Å²) >= 11 is 0. The van der Waals surface area contributed by atoms with Crippen LogP contribution in [0.1, 0.15) is 26.7 Å². The van der Waals surface area contributed by atoms with E-state index in [4.69, 9.17) is 5.73 Å². The number of carbonyl (C=O) groups is 1. The van der Waals surface area contributed by atoms with Crippen LogP contribution in [0.15, 0.2) is 0 Å². The zero-order valence-corrected chi connectivity index (χ0v) is 10.5. The Bertz CT molecular complexity index is 212. The average Bonchev–Trinajstić information content (AvgIpc) is 2.82. The lowest BCUT2D eigenvalue weighted by Crippen LogP contribution is -2.47. The van der Waals surface area contributed by atoms with E-state index in [-0.39, 0.29) is 23.9 Å². The van der Waals surface area contributed by atoms with Crippen molar-refractivity contribution in [2.75, 3.05) is 20.2 Å². The highest BCUT2D eigenvalue weighted by atomic mass is 35.5. The van der Waals surface area contributed by atoms with Crippen LogP contribution in [0.25, 0.3) is 0 Å². The Morgan fingerprint density at radius 3 is 2.40 bits per heavy atom. The number of esters is 1. The van der Waals surface area contributed by atoms with Gasteiger partial charge >= 0.3 is 5.97 Å². The van der Waals surface area contributed by atoms with E-state index in [1.54, 1.807) is 0 Å². The maximum absolute atomic E-state index is 11.1. The molecule has 1 rings (SSSR count). The van der Waals surface area contributed by atoms with Gasteiger partial charge in [-0.1, -0.05) is 0 Å². The van der Waals surface area contributed by atoms with E-state index in [1.165, 1.54) is 20.0 Å². The molecule has 1 aliphatic carbocycles. The number of hydrogen-bond acceptors (Lipinski definition) is 4. The first-order valence-electron chi connectivity index (χ1n) is 5.02. The van der Waals surface area contributed by atoms with Crippen molar-refractivity contribution in [3.8, 4) is 0 Å². The van der Waals surface area contributed by atoms with Crippen molar-refractivity contribution in [2.45, 2.75) is 38.3 Å². The molecule has 0 saturated heterocycles. The highest BCUT2D eigenvalue weighted by molar-refractivity contribution is 5.85. The lowest BCUT2D eigenvalue weighted by atomic mass is 10.1. The zero-order valence-electron chi connectivity index (χ0n) is 9.66. The van der Waals surface area contributed by atoms with Gasteiger partial charge in [-0.15, -0.1) is 12.4 Å². The van der Waals surface area contributed by atoms with E-state index < -0.39 is 0 Å². The normalized spacial score (nSPS) is 16.1. The summed E-state index contributed by atoms with van der Waals surface area (Å²) < 4.78 is 4.65. The van der Waals surface area contributed by atoms with E-state index >= 15 is 0 Å². The molecule has 4 nitrogen and oxygen atoms in total. The maximum atomic E-state index is 11.1. The summed E-state index contributed by atoms with van der Waals surface area (Å²) in [6.07, 6.45) is 2.35. The molecule has 1 fully saturated rings. The monoisotopic (exact) mass is 236 g/mol. The molecule has 0 atom stereocenters. The molecular weight excluding hydrogens is 216 g/mol. The molecule has 1 aliphatic rings. The van der Waals surface area contributed by atoms with Crippen molar-refractivity contribution in [1.29, 1.82) is 0 Å². The molecule has 0 aliphatic heterocycles. The fourth-order valence-corrected chi connectivity index (χ4v) is 1.51. The molecule has 0 unspecified atom stereocenters. The minimum absolute atomic E-state index is 0. The van der Waals surface area contributed by atoms with Crippen molar-refractivity contribution in [3.63, 3.8) is 0 Å². The smallest absolute Gasteiger partial charge is 0.319 e. The van der Waals surface area contributed by atoms with E-state index in [0.29, 0.717) is 12.6 Å². The molecule has 2 N–H and O–H groups in total. The molecule has 0 heterocycles. The molecule has 0 aromatic heterocycles. The van der Waals surface area contributed by atoms with Gasteiger partial charge in [0.15, 0.2) is 0 Å². The summed E-state index contributed by atoms with van der Waals surface area (Å²) in [5.41, 5.74) is 5.67. The van der Waals surface area contributed by atoms with Gasteiger partial charge in [-0.2, -0.15) is 0 Å². The predicted octanol–water partition coefficient (Wildman–Crippen LogP) is 0.783. The SMILES string of the molecule is COC(=O)CN(CC(C)(C)N)C1CC1.Cl. The summed E-state index contributed by atoms with van der Waals surface area (Å²) in [4.78, 5) is 13.3. The van der Waals surface area contributed by atoms with Gasteiger partial charge in [0.2, 0.25) is 0 Å². The topological polar surface area (TPSA) is 55.6 Å². The number of methoxy groups -OCH3 is 1. The third kappa shape index (κ3) is 5.97. The third-order valence-electron chi connectivity index (χ3n) is 2.23. The Balaban J connectivity index is 0.00000196. The highest BCUT2D eigenvalue weighted by Crippen LogP contribution is 2.27. The molecule has 0 bridgehead atoms. The molecule has 0 spiro atoms. The molecule has 0 radical (unpaired) electrons. The Labute approximate surface area is 97.5 Å². The van der Waals surface area contributed by atoms with Crippen LogP contribution >= 0.6 is 12.4 Å². The first kappa shape index (κ1) is 14.7. The molecule has 0 aromatic carbocycles. The van der Waals surface area contributed by atoms with Gasteiger partial charge in [0.1, 0.15) is 0 Å². The van der Waals surface area contributed by atoms with E-state index in [1.807, 2.05) is 13.8 Å². The van der Waals surface area contributed by atoms with Gasteiger partial charge in [0, 0.05) is 18.1 Å². The molecule has 0 amide bonds. The van der Waals surface area contributed by atoms with Crippen LogP contribution in [0.5, 0.6) is 0 Å². The second kappa shape index (κ2) is 5.68. The molecule has 0 aromatic rings. The summed E-state index contributed by atoms with van der Waals surface area (Å²) in [5, 5.41) is 0. The molecule has 90 valence electrons. The van der Waals surface area contributed by atoms with E-state index in [2.05, 4.69) is 9.64 Å². The first-order valence-corrected chi connectivity index (χ1v) is 5.02. The molecular formula is C10H21ClN2O2. The van der Waals surface area contributed by atoms with Crippen LogP contribution in [-0.4, -0.2) is 42.6 Å². The van der Waals surface area contributed by atoms with E-state index in [0.717, 1.165) is 6.54 Å². The van der Waals surface area contributed by atoms with Crippen molar-refractivity contribution in [2.24, 2.45) is 5.73 Å². The van der Waals surface area contributed by atoms with Crippen LogP contribution in [0.3, 0.4) is 0 Å². The van der Waals surface area contributed by atoms with Crippen LogP contribution < -0.4 is 5.73 Å². The number of rotatable bonds is 5. The maximum Gasteiger partial charge on any atom is 0.319 e. The number of nitrogens with zero attached hydrogens (tertiary/aromatic N) is 1. The van der Waals surface area contributed by atoms with Gasteiger partial charge in [-0.05, 0) is 26.7 Å². The number of ether oxygens (including phenoxy) is 1. The summed E-state index contributed by atoms with van der Waals surface area (Å²) in [7, 11) is 1.42. The van der Waals surface area contributed by atoms with Gasteiger partial charge in [0.25, 0.3) is 0 Å². The molecule has 5 heteroatoms. The van der Waals surface area contributed by atoms with Gasteiger partial charge in [-0.3, -0.25) is 9.69 Å². The minimum atomic E-state index is -0.253. The Morgan fingerprint density at radius 1 is 1.53 bits per heavy atom. The predicted molar refractivity (Wildman–Crippen MR) is 62.1 cm³/mol.